The fourth-order valence-electron chi connectivity index (χ4n) is 1.18. The molecule has 0 bridgehead atoms. The highest BCUT2D eigenvalue weighted by molar-refractivity contribution is 5.87. The molecular formula is C8H7N5O. The van der Waals surface area contributed by atoms with Crippen LogP contribution in [0.2, 0.25) is 0 Å². The van der Waals surface area contributed by atoms with E-state index in [2.05, 4.69) is 20.4 Å². The van der Waals surface area contributed by atoms with Crippen molar-refractivity contribution in [3.63, 3.8) is 0 Å². The molecular weight excluding hydrogens is 182 g/mol. The number of nitrogens with zero attached hydrogens (tertiary/aromatic N) is 4. The number of anilines is 1. The van der Waals surface area contributed by atoms with Crippen LogP contribution in [0.3, 0.4) is 0 Å². The minimum absolute atomic E-state index is 0.191. The van der Waals surface area contributed by atoms with Gasteiger partial charge >= 0.3 is 0 Å². The number of fused-ring (bicyclic) bond motifs is 1. The van der Waals surface area contributed by atoms with Gasteiger partial charge in [-0.25, -0.2) is 4.98 Å². The molecule has 0 aliphatic carbocycles. The highest BCUT2D eigenvalue weighted by Gasteiger charge is 2.10. The molecule has 0 fully saturated rings. The second kappa shape index (κ2) is 3.30. The van der Waals surface area contributed by atoms with Gasteiger partial charge in [-0.05, 0) is 6.92 Å². The van der Waals surface area contributed by atoms with E-state index in [0.717, 1.165) is 5.39 Å². The molecule has 6 nitrogen and oxygen atoms in total. The molecule has 0 unspecified atom stereocenters. The predicted molar refractivity (Wildman–Crippen MR) is 48.4 cm³/mol. The molecule has 0 spiro atoms. The average Bonchev–Trinajstić information content (AvgIpc) is 2.58. The summed E-state index contributed by atoms with van der Waals surface area (Å²) in [4.78, 5) is 7.91. The SMILES string of the molecule is Cc1noc2ncnc(NCC#N)c12. The van der Waals surface area contributed by atoms with Crippen molar-refractivity contribution in [3.8, 4) is 6.07 Å². The number of nitrogens with one attached hydrogen (secondary N) is 1. The number of aryl methyl sites for hydroxylation is 1. The van der Waals surface area contributed by atoms with Crippen LogP contribution in [0.4, 0.5) is 5.82 Å². The Bertz CT molecular complexity index is 498. The molecule has 1 N–H and O–H groups in total. The van der Waals surface area contributed by atoms with Gasteiger partial charge in [-0.15, -0.1) is 0 Å². The number of hydrogen-bond donors (Lipinski definition) is 1. The third-order valence-electron chi connectivity index (χ3n) is 1.78. The van der Waals surface area contributed by atoms with Crippen LogP contribution in [0.1, 0.15) is 5.69 Å². The van der Waals surface area contributed by atoms with Crippen LogP contribution in [0.15, 0.2) is 10.9 Å². The average molecular weight is 189 g/mol. The normalized spacial score (nSPS) is 10.0. The maximum Gasteiger partial charge on any atom is 0.263 e. The maximum atomic E-state index is 8.42. The highest BCUT2D eigenvalue weighted by atomic mass is 16.5. The molecule has 6 heteroatoms. The summed E-state index contributed by atoms with van der Waals surface area (Å²) in [6.07, 6.45) is 1.37. The fourth-order valence-corrected chi connectivity index (χ4v) is 1.18. The summed E-state index contributed by atoms with van der Waals surface area (Å²) < 4.78 is 4.95. The van der Waals surface area contributed by atoms with Gasteiger partial charge in [0.1, 0.15) is 24.1 Å². The van der Waals surface area contributed by atoms with Crippen LogP contribution < -0.4 is 5.32 Å². The van der Waals surface area contributed by atoms with Crippen molar-refractivity contribution in [1.29, 1.82) is 5.26 Å². The molecule has 2 aromatic rings. The van der Waals surface area contributed by atoms with E-state index in [1.807, 2.05) is 6.07 Å². The third-order valence-corrected chi connectivity index (χ3v) is 1.78. The Kier molecular flexibility index (Phi) is 1.99. The Labute approximate surface area is 79.6 Å². The van der Waals surface area contributed by atoms with Crippen molar-refractivity contribution in [1.82, 2.24) is 15.1 Å². The van der Waals surface area contributed by atoms with Gasteiger partial charge in [-0.2, -0.15) is 10.2 Å². The molecule has 0 aliphatic rings. The molecule has 2 rings (SSSR count). The summed E-state index contributed by atoms with van der Waals surface area (Å²) in [5.41, 5.74) is 1.14. The second-order valence-electron chi connectivity index (χ2n) is 2.68. The van der Waals surface area contributed by atoms with Crippen LogP contribution in [-0.4, -0.2) is 21.7 Å². The Morgan fingerprint density at radius 3 is 3.21 bits per heavy atom. The Balaban J connectivity index is 2.53. The molecule has 0 amide bonds. The Morgan fingerprint density at radius 1 is 1.57 bits per heavy atom. The van der Waals surface area contributed by atoms with Crippen LogP contribution >= 0.6 is 0 Å². The molecule has 0 radical (unpaired) electrons. The minimum atomic E-state index is 0.191. The lowest BCUT2D eigenvalue weighted by Crippen LogP contribution is -2.01. The standard InChI is InChI=1S/C8H7N5O/c1-5-6-7(10-3-2-9)11-4-12-8(6)14-13-5/h4H,3H2,1H3,(H,10,11,12). The zero-order valence-electron chi connectivity index (χ0n) is 7.48. The van der Waals surface area contributed by atoms with Crippen LogP contribution in [-0.2, 0) is 0 Å². The van der Waals surface area contributed by atoms with E-state index in [1.165, 1.54) is 6.33 Å². The first kappa shape index (κ1) is 8.44. The minimum Gasteiger partial charge on any atom is -0.356 e. The van der Waals surface area contributed by atoms with Gasteiger partial charge < -0.3 is 9.84 Å². The van der Waals surface area contributed by atoms with E-state index < -0.39 is 0 Å². The Morgan fingerprint density at radius 2 is 2.43 bits per heavy atom. The first-order chi connectivity index (χ1) is 6.83. The van der Waals surface area contributed by atoms with E-state index >= 15 is 0 Å². The quantitative estimate of drug-likeness (QED) is 0.705. The molecule has 70 valence electrons. The predicted octanol–water partition coefficient (Wildman–Crippen LogP) is 0.862. The zero-order chi connectivity index (χ0) is 9.97. The van der Waals surface area contributed by atoms with Gasteiger partial charge in [0.05, 0.1) is 11.8 Å². The summed E-state index contributed by atoms with van der Waals surface area (Å²) in [5, 5.41) is 15.8. The van der Waals surface area contributed by atoms with E-state index in [-0.39, 0.29) is 6.54 Å². The van der Waals surface area contributed by atoms with Crippen LogP contribution in [0.5, 0.6) is 0 Å². The number of aromatic nitrogens is 3. The van der Waals surface area contributed by atoms with Crippen molar-refractivity contribution in [2.24, 2.45) is 0 Å². The smallest absolute Gasteiger partial charge is 0.263 e. The number of hydrogen-bond acceptors (Lipinski definition) is 6. The molecule has 2 heterocycles. The van der Waals surface area contributed by atoms with E-state index in [1.54, 1.807) is 6.92 Å². The first-order valence-electron chi connectivity index (χ1n) is 4.00. The van der Waals surface area contributed by atoms with E-state index in [9.17, 15) is 0 Å². The third kappa shape index (κ3) is 1.25. The largest absolute Gasteiger partial charge is 0.356 e. The molecule has 0 saturated heterocycles. The molecule has 2 aromatic heterocycles. The van der Waals surface area contributed by atoms with Gasteiger partial charge in [0.25, 0.3) is 5.71 Å². The second-order valence-corrected chi connectivity index (χ2v) is 2.68. The lowest BCUT2D eigenvalue weighted by molar-refractivity contribution is 0.442. The van der Waals surface area contributed by atoms with Crippen molar-refractivity contribution < 1.29 is 4.52 Å². The monoisotopic (exact) mass is 189 g/mol. The number of nitriles is 1. The summed E-state index contributed by atoms with van der Waals surface area (Å²) in [6, 6.07) is 1.97. The zero-order valence-corrected chi connectivity index (χ0v) is 7.48. The van der Waals surface area contributed by atoms with Crippen molar-refractivity contribution in [3.05, 3.63) is 12.0 Å². The van der Waals surface area contributed by atoms with Gasteiger partial charge in [0, 0.05) is 0 Å². The topological polar surface area (TPSA) is 87.6 Å². The maximum absolute atomic E-state index is 8.42. The molecule has 0 atom stereocenters. The Hall–Kier alpha value is -2.16. The van der Waals surface area contributed by atoms with Crippen LogP contribution in [0, 0.1) is 18.3 Å². The number of rotatable bonds is 2. The summed E-state index contributed by atoms with van der Waals surface area (Å²) in [7, 11) is 0. The lowest BCUT2D eigenvalue weighted by atomic mass is 10.3. The summed E-state index contributed by atoms with van der Waals surface area (Å²) in [6.45, 7) is 1.99. The van der Waals surface area contributed by atoms with Gasteiger partial charge in [0.15, 0.2) is 0 Å². The van der Waals surface area contributed by atoms with Crippen LogP contribution in [0.25, 0.3) is 11.1 Å². The van der Waals surface area contributed by atoms with E-state index in [0.29, 0.717) is 17.2 Å². The first-order valence-corrected chi connectivity index (χ1v) is 4.00. The van der Waals surface area contributed by atoms with Gasteiger partial charge in [-0.3, -0.25) is 0 Å². The molecule has 14 heavy (non-hydrogen) atoms. The van der Waals surface area contributed by atoms with Gasteiger partial charge in [-0.1, -0.05) is 5.16 Å². The molecule has 0 saturated carbocycles. The summed E-state index contributed by atoms with van der Waals surface area (Å²) >= 11 is 0. The van der Waals surface area contributed by atoms with Crippen molar-refractivity contribution >= 4 is 16.9 Å². The molecule has 0 aliphatic heterocycles. The van der Waals surface area contributed by atoms with Gasteiger partial charge in [0.2, 0.25) is 0 Å². The molecule has 0 aromatic carbocycles. The van der Waals surface area contributed by atoms with Crippen molar-refractivity contribution in [2.45, 2.75) is 6.92 Å². The summed E-state index contributed by atoms with van der Waals surface area (Å²) in [5.74, 6) is 0.579. The van der Waals surface area contributed by atoms with Crippen molar-refractivity contribution in [2.75, 3.05) is 11.9 Å². The fraction of sp³-hybridized carbons (Fsp3) is 0.250. The highest BCUT2D eigenvalue weighted by Crippen LogP contribution is 2.21. The lowest BCUT2D eigenvalue weighted by Gasteiger charge is -1.99. The van der Waals surface area contributed by atoms with E-state index in [4.69, 9.17) is 9.78 Å².